The average molecular weight is 393 g/mol. The third-order valence-electron chi connectivity index (χ3n) is 1.25. The molecule has 0 radical (unpaired) electrons. The number of carbonyl (C=O) groups is 6. The number of nitrogens with two attached hydrogens (primary N) is 3. The molecule has 0 aromatic carbocycles. The minimum Gasteiger partial charge on any atom is -0.550 e. The second-order valence-electron chi connectivity index (χ2n) is 2.82. The average Bonchev–Trinajstić information content (AvgIpc) is 2.29. The largest absolute Gasteiger partial charge is 1.00 e. The van der Waals surface area contributed by atoms with Crippen LogP contribution in [-0.2, 0) is 28.8 Å². The van der Waals surface area contributed by atoms with E-state index in [2.05, 4.69) is 17.2 Å². The van der Waals surface area contributed by atoms with Gasteiger partial charge in [-0.15, -0.1) is 0 Å². The van der Waals surface area contributed by atoms with E-state index in [1.165, 1.54) is 0 Å². The Bertz CT molecular complexity index is 354. The van der Waals surface area contributed by atoms with Gasteiger partial charge in [-0.2, -0.15) is 0 Å². The number of carboxylic acid groups (broad SMARTS) is 3. The Hall–Kier alpha value is -0.220. The van der Waals surface area contributed by atoms with E-state index in [0.29, 0.717) is 0 Å². The van der Waals surface area contributed by atoms with E-state index in [1.54, 1.807) is 0 Å². The van der Waals surface area contributed by atoms with Crippen LogP contribution < -0.4 is 121 Å². The molecule has 128 valence electrons. The van der Waals surface area contributed by atoms with Crippen molar-refractivity contribution in [1.82, 2.24) is 0 Å². The molecule has 7 N–H and O–H groups in total. The maximum atomic E-state index is 10.1. The maximum absolute atomic E-state index is 10.1. The zero-order valence-corrected chi connectivity index (χ0v) is 20.0. The van der Waals surface area contributed by atoms with Crippen molar-refractivity contribution in [1.29, 1.82) is 0 Å². The Morgan fingerprint density at radius 3 is 1.00 bits per heavy atom. The molecule has 0 aromatic rings. The summed E-state index contributed by atoms with van der Waals surface area (Å²) in [7, 11) is 0. The van der Waals surface area contributed by atoms with Crippen LogP contribution in [0.5, 0.6) is 0 Å². The molecule has 0 atom stereocenters. The molecule has 0 saturated heterocycles. The van der Waals surface area contributed by atoms with Crippen LogP contribution in [0.25, 0.3) is 0 Å². The van der Waals surface area contributed by atoms with E-state index < -0.39 is 36.4 Å². The van der Waals surface area contributed by atoms with Crippen LogP contribution in [0.2, 0.25) is 0 Å². The van der Waals surface area contributed by atoms with E-state index in [0.717, 1.165) is 0 Å². The summed E-state index contributed by atoms with van der Waals surface area (Å²) in [5.41, 5.74) is 9.53. The molecule has 25 heavy (non-hydrogen) atoms. The first-order valence-electron chi connectivity index (χ1n) is 4.82. The Balaban J connectivity index is -0.0000000458. The molecular formula is C9H14N3Na3O10. The molecule has 0 saturated carbocycles. The molecule has 16 heteroatoms. The van der Waals surface area contributed by atoms with Crippen molar-refractivity contribution in [2.75, 3.05) is 0 Å². The number of primary amides is 3. The molecule has 0 aromatic heterocycles. The number of aliphatic carboxylic acids is 3. The van der Waals surface area contributed by atoms with E-state index in [1.807, 2.05) is 0 Å². The normalized spacial score (nSPS) is 7.08. The smallest absolute Gasteiger partial charge is 0.550 e. The first-order chi connectivity index (χ1) is 10.0. The zero-order valence-electron chi connectivity index (χ0n) is 14.0. The number of amides is 3. The third-order valence-corrected chi connectivity index (χ3v) is 1.25. The summed E-state index contributed by atoms with van der Waals surface area (Å²) in [4.78, 5) is 55.7. The minimum absolute atomic E-state index is 0. The number of carboxylic acids is 3. The number of carbonyl (C=O) groups excluding carboxylic acids is 6. The van der Waals surface area contributed by atoms with Crippen molar-refractivity contribution < 1.29 is 138 Å². The van der Waals surface area contributed by atoms with Crippen molar-refractivity contribution in [2.45, 2.75) is 18.4 Å². The molecule has 0 aliphatic carbocycles. The van der Waals surface area contributed by atoms with Crippen LogP contribution in [0.15, 0.2) is 0 Å². The molecule has 0 unspecified atom stereocenters. The fraction of sp³-hybridized carbons (Fsp3) is 0.333. The van der Waals surface area contributed by atoms with Gasteiger partial charge < -0.3 is 52.0 Å². The van der Waals surface area contributed by atoms with Crippen LogP contribution >= 0.6 is 0 Å². The van der Waals surface area contributed by atoms with Crippen molar-refractivity contribution in [2.24, 2.45) is 17.2 Å². The number of hydrogen-bond acceptors (Lipinski definition) is 10. The van der Waals surface area contributed by atoms with Crippen LogP contribution in [0, 0.1) is 0 Å². The Morgan fingerprint density at radius 2 is 0.920 bits per heavy atom. The van der Waals surface area contributed by atoms with Gasteiger partial charge in [-0.25, -0.2) is 0 Å². The summed E-state index contributed by atoms with van der Waals surface area (Å²) in [5.74, 6) is -5.98. The quantitative estimate of drug-likeness (QED) is 0.253. The van der Waals surface area contributed by atoms with Crippen LogP contribution in [0.4, 0.5) is 0 Å². The minimum atomic E-state index is -2.97. The third kappa shape index (κ3) is 45.3. The fourth-order valence-electron chi connectivity index (χ4n) is 0.684. The van der Waals surface area contributed by atoms with Gasteiger partial charge in [0.1, 0.15) is 5.60 Å². The summed E-state index contributed by atoms with van der Waals surface area (Å²) >= 11 is 0. The molecule has 0 heterocycles. The Kier molecular flexibility index (Phi) is 55.9. The van der Waals surface area contributed by atoms with Gasteiger partial charge in [-0.05, 0) is 0 Å². The fourth-order valence-corrected chi connectivity index (χ4v) is 0.684. The monoisotopic (exact) mass is 393 g/mol. The van der Waals surface area contributed by atoms with E-state index in [9.17, 15) is 29.7 Å². The van der Waals surface area contributed by atoms with Crippen molar-refractivity contribution in [3.05, 3.63) is 0 Å². The summed E-state index contributed by atoms with van der Waals surface area (Å²) < 4.78 is 0. The predicted octanol–water partition coefficient (Wildman–Crippen LogP) is -16.9. The standard InChI is InChI=1S/C6H8O7.3CH3NO.3Na/c7-3(8)1-6(13,5(11)12)2-4(9)10;3*2-1-3;;;/h13H,1-2H2,(H,7,8)(H,9,10)(H,11,12);3*1H,(H2,2,3);;;/q;;;;3*+1/p-3. The van der Waals surface area contributed by atoms with Gasteiger partial charge in [0.2, 0.25) is 19.2 Å². The topological polar surface area (TPSA) is 270 Å². The maximum Gasteiger partial charge on any atom is 1.00 e. The number of hydrogen-bond donors (Lipinski definition) is 4. The molecule has 0 rings (SSSR count). The number of rotatable bonds is 5. The van der Waals surface area contributed by atoms with E-state index >= 15 is 0 Å². The zero-order chi connectivity index (χ0) is 18.8. The van der Waals surface area contributed by atoms with E-state index in [4.69, 9.17) is 19.5 Å². The molecule has 13 nitrogen and oxygen atoms in total. The second kappa shape index (κ2) is 31.5. The summed E-state index contributed by atoms with van der Waals surface area (Å²) in [6.45, 7) is 0. The van der Waals surface area contributed by atoms with Crippen LogP contribution in [-0.4, -0.2) is 47.8 Å². The van der Waals surface area contributed by atoms with Crippen molar-refractivity contribution in [3.8, 4) is 0 Å². The van der Waals surface area contributed by atoms with Crippen molar-refractivity contribution in [3.63, 3.8) is 0 Å². The molecule has 0 aliphatic rings. The van der Waals surface area contributed by atoms with Crippen LogP contribution in [0.1, 0.15) is 12.8 Å². The van der Waals surface area contributed by atoms with E-state index in [-0.39, 0.29) is 108 Å². The molecular weight excluding hydrogens is 379 g/mol. The Morgan fingerprint density at radius 1 is 0.760 bits per heavy atom. The van der Waals surface area contributed by atoms with Gasteiger partial charge in [0.15, 0.2) is 0 Å². The van der Waals surface area contributed by atoms with Gasteiger partial charge in [-0.1, -0.05) is 0 Å². The SMILES string of the molecule is NC=O.NC=O.NC=O.O=C([O-])CC(O)(CC(=O)[O-])C(=O)[O-].[Na+].[Na+].[Na+]. The first-order valence-corrected chi connectivity index (χ1v) is 4.82. The summed E-state index contributed by atoms with van der Waals surface area (Å²) in [5, 5.41) is 38.9. The first kappa shape index (κ1) is 44.3. The molecule has 0 aliphatic heterocycles. The van der Waals surface area contributed by atoms with Gasteiger partial charge in [0, 0.05) is 24.8 Å². The molecule has 0 spiro atoms. The van der Waals surface area contributed by atoms with Gasteiger partial charge in [0.25, 0.3) is 0 Å². The van der Waals surface area contributed by atoms with Gasteiger partial charge in [0.05, 0.1) is 5.97 Å². The molecule has 3 amide bonds. The number of aliphatic hydroxyl groups is 1. The van der Waals surface area contributed by atoms with Gasteiger partial charge >= 0.3 is 88.7 Å². The summed E-state index contributed by atoms with van der Waals surface area (Å²) in [6.07, 6.45) is -1.97. The second-order valence-corrected chi connectivity index (χ2v) is 2.82. The van der Waals surface area contributed by atoms with Gasteiger partial charge in [-0.3, -0.25) is 14.4 Å². The van der Waals surface area contributed by atoms with Crippen molar-refractivity contribution >= 4 is 37.1 Å². The molecule has 0 bridgehead atoms. The summed E-state index contributed by atoms with van der Waals surface area (Å²) in [6, 6.07) is 0. The van der Waals surface area contributed by atoms with Crippen LogP contribution in [0.3, 0.4) is 0 Å². The predicted molar refractivity (Wildman–Crippen MR) is 60.0 cm³/mol. The molecule has 0 fully saturated rings. The Labute approximate surface area is 208 Å².